The van der Waals surface area contributed by atoms with E-state index in [-0.39, 0.29) is 32.0 Å². The number of nitrogens with zero attached hydrogens (tertiary/aromatic N) is 1. The van der Waals surface area contributed by atoms with Crippen LogP contribution in [0.1, 0.15) is 41.8 Å². The first-order valence-electron chi connectivity index (χ1n) is 12.9. The van der Waals surface area contributed by atoms with Crippen LogP contribution in [0.25, 0.3) is 0 Å². The van der Waals surface area contributed by atoms with Gasteiger partial charge in [0.25, 0.3) is 0 Å². The van der Waals surface area contributed by atoms with Crippen LogP contribution in [0.2, 0.25) is 0 Å². The highest BCUT2D eigenvalue weighted by atomic mass is 127. The molecule has 3 rings (SSSR count). The number of aldehydes is 1. The average Bonchev–Trinajstić information content (AvgIpc) is 2.92. The van der Waals surface area contributed by atoms with Crippen LogP contribution in [0, 0.1) is 10.5 Å². The fraction of sp³-hybridized carbons (Fsp3) is 0.367. The summed E-state index contributed by atoms with van der Waals surface area (Å²) in [5, 5.41) is 23.5. The van der Waals surface area contributed by atoms with Gasteiger partial charge in [0.2, 0.25) is 11.8 Å². The van der Waals surface area contributed by atoms with Gasteiger partial charge < -0.3 is 29.9 Å². The van der Waals surface area contributed by atoms with Crippen molar-refractivity contribution in [3.63, 3.8) is 0 Å². The largest absolute Gasteiger partial charge is 0.493 e. The number of amides is 2. The number of allylic oxidation sites excluding steroid dienone is 1. The minimum Gasteiger partial charge on any atom is -0.493 e. The number of nitrogens with one attached hydrogen (secondary N) is 1. The molecule has 0 fully saturated rings. The Hall–Kier alpha value is -3.22. The molecule has 1 aliphatic carbocycles. The van der Waals surface area contributed by atoms with E-state index in [1.165, 1.54) is 25.3 Å². The predicted molar refractivity (Wildman–Crippen MR) is 159 cm³/mol. The van der Waals surface area contributed by atoms with Gasteiger partial charge in [-0.25, -0.2) is 0 Å². The van der Waals surface area contributed by atoms with Crippen LogP contribution in [-0.4, -0.2) is 71.7 Å². The zero-order valence-electron chi connectivity index (χ0n) is 23.0. The summed E-state index contributed by atoms with van der Waals surface area (Å²) in [6.45, 7) is 5.63. The topological polar surface area (TPSA) is 125 Å². The number of carbonyl (C=O) groups is 3. The summed E-state index contributed by atoms with van der Waals surface area (Å²) >= 11 is 2.01. The van der Waals surface area contributed by atoms with E-state index in [1.807, 2.05) is 67.6 Å². The summed E-state index contributed by atoms with van der Waals surface area (Å²) < 4.78 is 12.3. The van der Waals surface area contributed by atoms with Crippen LogP contribution in [0.4, 0.5) is 0 Å². The Morgan fingerprint density at radius 2 is 1.90 bits per heavy atom. The zero-order chi connectivity index (χ0) is 29.4. The maximum Gasteiger partial charge on any atom is 0.247 e. The van der Waals surface area contributed by atoms with Gasteiger partial charge in [-0.1, -0.05) is 35.4 Å². The molecule has 0 bridgehead atoms. The molecule has 2 aromatic carbocycles. The second-order valence-electron chi connectivity index (χ2n) is 9.84. The quantitative estimate of drug-likeness (QED) is 0.192. The summed E-state index contributed by atoms with van der Waals surface area (Å²) in [5.41, 5.74) is 3.44. The molecule has 3 unspecified atom stereocenters. The van der Waals surface area contributed by atoms with Gasteiger partial charge in [0, 0.05) is 36.7 Å². The third-order valence-corrected chi connectivity index (χ3v) is 7.23. The number of rotatable bonds is 11. The van der Waals surface area contributed by atoms with Crippen LogP contribution in [0.3, 0.4) is 0 Å². The molecule has 0 heterocycles. The Kier molecular flexibility index (Phi) is 11.3. The number of hydrogen-bond acceptors (Lipinski definition) is 7. The van der Waals surface area contributed by atoms with Crippen molar-refractivity contribution >= 4 is 40.7 Å². The van der Waals surface area contributed by atoms with Crippen LogP contribution in [0.5, 0.6) is 11.5 Å². The van der Waals surface area contributed by atoms with Gasteiger partial charge in [0.05, 0.1) is 23.3 Å². The zero-order valence-corrected chi connectivity index (χ0v) is 25.2. The van der Waals surface area contributed by atoms with Crippen LogP contribution in [-0.2, 0) is 16.1 Å². The minimum absolute atomic E-state index is 0.0531. The second kappa shape index (κ2) is 14.4. The lowest BCUT2D eigenvalue weighted by Crippen LogP contribution is -2.54. The van der Waals surface area contributed by atoms with Crippen molar-refractivity contribution in [1.29, 1.82) is 0 Å². The molecule has 214 valence electrons. The number of benzene rings is 2. The number of carbonyl (C=O) groups excluding carboxylic acids is 3. The fourth-order valence-corrected chi connectivity index (χ4v) is 5.17. The maximum absolute atomic E-state index is 13.5. The van der Waals surface area contributed by atoms with E-state index < -0.39 is 24.2 Å². The average molecular weight is 663 g/mol. The number of ether oxygens (including phenoxy) is 2. The predicted octanol–water partition coefficient (Wildman–Crippen LogP) is 3.33. The highest BCUT2D eigenvalue weighted by Crippen LogP contribution is 2.37. The van der Waals surface area contributed by atoms with E-state index in [0.717, 1.165) is 16.7 Å². The third kappa shape index (κ3) is 7.92. The molecule has 2 amide bonds. The van der Waals surface area contributed by atoms with Crippen molar-refractivity contribution in [2.45, 2.75) is 52.0 Å². The summed E-state index contributed by atoms with van der Waals surface area (Å²) in [4.78, 5) is 39.5. The van der Waals surface area contributed by atoms with Crippen LogP contribution < -0.4 is 14.8 Å². The van der Waals surface area contributed by atoms with Crippen molar-refractivity contribution in [1.82, 2.24) is 10.2 Å². The summed E-state index contributed by atoms with van der Waals surface area (Å²) in [7, 11) is 1.44. The molecule has 3 N–H and O–H groups in total. The number of aliphatic hydroxyl groups excluding tert-OH is 2. The van der Waals surface area contributed by atoms with Gasteiger partial charge in [-0.15, -0.1) is 0 Å². The Labute approximate surface area is 248 Å². The monoisotopic (exact) mass is 662 g/mol. The SMILES string of the molecule is COc1cc(C=O)cc(I)c1OC1C=C(C(=O)NCCO)CC(N(Cc2ccc(C)cc2)C(=O)C=C(C)C)C1O. The van der Waals surface area contributed by atoms with Crippen molar-refractivity contribution in [2.24, 2.45) is 0 Å². The van der Waals surface area contributed by atoms with Crippen LogP contribution >= 0.6 is 22.6 Å². The third-order valence-electron chi connectivity index (χ3n) is 6.43. The van der Waals surface area contributed by atoms with Gasteiger partial charge in [0.1, 0.15) is 18.5 Å². The van der Waals surface area contributed by atoms with E-state index in [0.29, 0.717) is 32.5 Å². The number of methoxy groups -OCH3 is 1. The highest BCUT2D eigenvalue weighted by Gasteiger charge is 2.40. The summed E-state index contributed by atoms with van der Waals surface area (Å²) in [6, 6.07) is 10.1. The lowest BCUT2D eigenvalue weighted by molar-refractivity contribution is -0.134. The summed E-state index contributed by atoms with van der Waals surface area (Å²) in [6.07, 6.45) is 1.57. The molecule has 40 heavy (non-hydrogen) atoms. The molecular formula is C30H35IN2O7. The summed E-state index contributed by atoms with van der Waals surface area (Å²) in [5.74, 6) is -0.143. The molecule has 10 heteroatoms. The molecule has 0 saturated heterocycles. The van der Waals surface area contributed by atoms with E-state index in [2.05, 4.69) is 5.32 Å². The molecule has 9 nitrogen and oxygen atoms in total. The van der Waals surface area contributed by atoms with Crippen molar-refractivity contribution in [2.75, 3.05) is 20.3 Å². The fourth-order valence-electron chi connectivity index (χ4n) is 4.42. The van der Waals surface area contributed by atoms with Gasteiger partial charge in [-0.3, -0.25) is 14.4 Å². The first-order valence-corrected chi connectivity index (χ1v) is 13.9. The van der Waals surface area contributed by atoms with Gasteiger partial charge in [-0.05, 0) is 67.1 Å². The Balaban J connectivity index is 2.07. The number of aliphatic hydroxyl groups is 2. The first-order chi connectivity index (χ1) is 19.1. The number of halogens is 1. The highest BCUT2D eigenvalue weighted by molar-refractivity contribution is 14.1. The molecule has 0 radical (unpaired) electrons. The van der Waals surface area contributed by atoms with E-state index in [1.54, 1.807) is 11.0 Å². The maximum atomic E-state index is 13.5. The molecule has 1 aliphatic rings. The van der Waals surface area contributed by atoms with Crippen molar-refractivity contribution < 1.29 is 34.1 Å². The molecule has 0 spiro atoms. The lowest BCUT2D eigenvalue weighted by atomic mass is 9.87. The smallest absolute Gasteiger partial charge is 0.247 e. The molecule has 0 aliphatic heterocycles. The van der Waals surface area contributed by atoms with Gasteiger partial charge in [0.15, 0.2) is 11.5 Å². The molecular weight excluding hydrogens is 627 g/mol. The van der Waals surface area contributed by atoms with Crippen molar-refractivity contribution in [3.05, 3.63) is 80.0 Å². The molecule has 2 aromatic rings. The first kappa shape index (κ1) is 31.3. The normalized spacial score (nSPS) is 18.3. The lowest BCUT2D eigenvalue weighted by Gasteiger charge is -2.40. The number of hydrogen-bond donors (Lipinski definition) is 3. The Morgan fingerprint density at radius 1 is 1.20 bits per heavy atom. The minimum atomic E-state index is -1.21. The van der Waals surface area contributed by atoms with Crippen molar-refractivity contribution in [3.8, 4) is 11.5 Å². The van der Waals surface area contributed by atoms with Gasteiger partial charge >= 0.3 is 0 Å². The van der Waals surface area contributed by atoms with Gasteiger partial charge in [-0.2, -0.15) is 0 Å². The molecule has 0 saturated carbocycles. The second-order valence-corrected chi connectivity index (χ2v) is 11.0. The van der Waals surface area contributed by atoms with Crippen LogP contribution in [0.15, 0.2) is 59.7 Å². The molecule has 0 aromatic heterocycles. The Morgan fingerprint density at radius 3 is 2.50 bits per heavy atom. The standard InChI is InChI=1S/C30H35IN2O7/c1-18(2)11-27(36)33(16-20-7-5-19(3)6-8-20)24-14-22(30(38)32-9-10-34)15-25(28(24)37)40-29-23(31)12-21(17-35)13-26(29)39-4/h5-8,11-13,15,17,24-25,28,34,37H,9-10,14,16H2,1-4H3,(H,32,38). The van der Waals surface area contributed by atoms with E-state index in [9.17, 15) is 24.6 Å². The van der Waals surface area contributed by atoms with E-state index in [4.69, 9.17) is 9.47 Å². The number of aryl methyl sites for hydroxylation is 1. The Bertz CT molecular complexity index is 1290. The molecule has 3 atom stereocenters. The van der Waals surface area contributed by atoms with E-state index >= 15 is 0 Å².